The minimum atomic E-state index is -8.68. The predicted molar refractivity (Wildman–Crippen MR) is 73.7 cm³/mol. The van der Waals surface area contributed by atoms with E-state index in [2.05, 4.69) is 11.3 Å². The highest BCUT2D eigenvalue weighted by Crippen LogP contribution is 2.58. The van der Waals surface area contributed by atoms with Gasteiger partial charge in [-0.1, -0.05) is 6.58 Å². The molecule has 0 fully saturated rings. The summed E-state index contributed by atoms with van der Waals surface area (Å²) in [6, 6.07) is -7.73. The molecule has 0 atom stereocenters. The van der Waals surface area contributed by atoms with Gasteiger partial charge in [0.25, 0.3) is 10.0 Å². The second-order valence-electron chi connectivity index (χ2n) is 5.97. The molecule has 0 aliphatic rings. The molecule has 0 aromatic rings. The number of carbonyl (C=O) groups is 1. The van der Waals surface area contributed by atoms with Crippen molar-refractivity contribution in [3.05, 3.63) is 12.7 Å². The number of halogens is 17. The maximum Gasteiger partial charge on any atom is 0.473 e. The number of alkyl halides is 17. The van der Waals surface area contributed by atoms with Gasteiger partial charge in [0.15, 0.2) is 0 Å². The van der Waals surface area contributed by atoms with Gasteiger partial charge < -0.3 is 4.74 Å². The summed E-state index contributed by atoms with van der Waals surface area (Å²) in [5.74, 6) is -34.9. The molecule has 0 saturated carbocycles. The van der Waals surface area contributed by atoms with E-state index in [0.29, 0.717) is 0 Å². The van der Waals surface area contributed by atoms with Crippen molar-refractivity contribution in [2.75, 3.05) is 7.05 Å². The van der Waals surface area contributed by atoms with E-state index < -0.39 is 80.7 Å². The molecule has 0 rings (SSSR count). The van der Waals surface area contributed by atoms with E-state index in [0.717, 1.165) is 0 Å². The van der Waals surface area contributed by atoms with Gasteiger partial charge in [-0.15, -0.1) is 4.31 Å². The minimum absolute atomic E-state index is 0.430. The Bertz CT molecular complexity index is 939. The molecule has 0 bridgehead atoms. The van der Waals surface area contributed by atoms with Crippen molar-refractivity contribution in [2.45, 2.75) is 47.3 Å². The highest BCUT2D eigenvalue weighted by molar-refractivity contribution is 7.90. The standard InChI is InChI=1S/C12H6F17NO4S/c1-3-4(31)34-11(26,27)7(17,18)6(15,16)10(24,25)30(2)35(32,33)12(28,29)8(19,20)5(13,14)9(21,22)23/h3H,1H2,2H3. The summed E-state index contributed by atoms with van der Waals surface area (Å²) in [7, 11) is -10.1. The molecule has 23 heteroatoms. The van der Waals surface area contributed by atoms with Gasteiger partial charge in [0.05, 0.1) is 0 Å². The van der Waals surface area contributed by atoms with Gasteiger partial charge in [0.1, 0.15) is 0 Å². The normalized spacial score (nSPS) is 15.9. The number of carbonyl (C=O) groups excluding carboxylic acids is 1. The zero-order valence-electron chi connectivity index (χ0n) is 15.7. The third kappa shape index (κ3) is 4.48. The summed E-state index contributed by atoms with van der Waals surface area (Å²) >= 11 is 0. The molecule has 0 unspecified atom stereocenters. The quantitative estimate of drug-likeness (QED) is 0.160. The molecule has 208 valence electrons. The third-order valence-electron chi connectivity index (χ3n) is 3.73. The van der Waals surface area contributed by atoms with E-state index in [4.69, 9.17) is 0 Å². The molecule has 0 spiro atoms. The van der Waals surface area contributed by atoms with Crippen molar-refractivity contribution in [3.63, 3.8) is 0 Å². The second-order valence-corrected chi connectivity index (χ2v) is 7.98. The number of nitrogens with zero attached hydrogens (tertiary/aromatic N) is 1. The summed E-state index contributed by atoms with van der Waals surface area (Å²) in [6.07, 6.45) is -15.2. The fraction of sp³-hybridized carbons (Fsp3) is 0.750. The summed E-state index contributed by atoms with van der Waals surface area (Å²) in [6.45, 7) is 2.31. The summed E-state index contributed by atoms with van der Waals surface area (Å²) in [5, 5.41) is -8.12. The lowest BCUT2D eigenvalue weighted by molar-refractivity contribution is -0.427. The van der Waals surface area contributed by atoms with Gasteiger partial charge >= 0.3 is 53.2 Å². The van der Waals surface area contributed by atoms with Crippen LogP contribution in [0.4, 0.5) is 74.6 Å². The fourth-order valence-electron chi connectivity index (χ4n) is 1.65. The molecular weight excluding hydrogens is 577 g/mol. The van der Waals surface area contributed by atoms with Crippen molar-refractivity contribution >= 4 is 16.0 Å². The molecule has 0 aliphatic carbocycles. The van der Waals surface area contributed by atoms with E-state index in [-0.39, 0.29) is 0 Å². The monoisotopic (exact) mass is 583 g/mol. The summed E-state index contributed by atoms with van der Waals surface area (Å²) in [5.41, 5.74) is 0. The van der Waals surface area contributed by atoms with Crippen LogP contribution < -0.4 is 0 Å². The SMILES string of the molecule is C=CC(=O)OC(F)(F)C(F)(F)C(F)(F)C(F)(F)N(C)S(=O)(=O)C(F)(F)C(F)(F)C(F)(F)C(F)(F)F. The number of hydrogen-bond acceptors (Lipinski definition) is 4. The van der Waals surface area contributed by atoms with Crippen molar-refractivity contribution < 1.29 is 92.6 Å². The minimum Gasteiger partial charge on any atom is -0.393 e. The Balaban J connectivity index is 6.84. The first-order chi connectivity index (χ1) is 14.9. The van der Waals surface area contributed by atoms with Crippen molar-refractivity contribution in [1.29, 1.82) is 0 Å². The molecule has 0 saturated heterocycles. The highest BCUT2D eigenvalue weighted by atomic mass is 32.2. The average Bonchev–Trinajstić information content (AvgIpc) is 2.64. The largest absolute Gasteiger partial charge is 0.473 e. The summed E-state index contributed by atoms with van der Waals surface area (Å²) < 4.78 is 245. The zero-order valence-corrected chi connectivity index (χ0v) is 16.5. The van der Waals surface area contributed by atoms with Gasteiger partial charge in [-0.2, -0.15) is 74.6 Å². The van der Waals surface area contributed by atoms with Crippen molar-refractivity contribution in [1.82, 2.24) is 4.31 Å². The number of esters is 1. The molecule has 0 amide bonds. The van der Waals surface area contributed by atoms with Crippen LogP contribution in [0.2, 0.25) is 0 Å². The van der Waals surface area contributed by atoms with Gasteiger partial charge in [0.2, 0.25) is 0 Å². The zero-order chi connectivity index (χ0) is 29.1. The number of ether oxygens (including phenoxy) is 1. The molecular formula is C12H6F17NO4S. The molecule has 0 aliphatic heterocycles. The molecule has 0 N–H and O–H groups in total. The predicted octanol–water partition coefficient (Wildman–Crippen LogP) is 4.86. The van der Waals surface area contributed by atoms with Crippen LogP contribution in [0.15, 0.2) is 12.7 Å². The highest BCUT2D eigenvalue weighted by Gasteiger charge is 2.89. The van der Waals surface area contributed by atoms with E-state index in [1.165, 1.54) is 0 Å². The first-order valence-electron chi connectivity index (χ1n) is 7.41. The maximum absolute atomic E-state index is 13.8. The van der Waals surface area contributed by atoms with Crippen LogP contribution in [0.1, 0.15) is 0 Å². The molecule has 5 nitrogen and oxygen atoms in total. The van der Waals surface area contributed by atoms with Crippen LogP contribution in [0, 0.1) is 0 Å². The number of sulfonamides is 1. The van der Waals surface area contributed by atoms with E-state index in [1.807, 2.05) is 0 Å². The lowest BCUT2D eigenvalue weighted by Crippen LogP contribution is -2.71. The van der Waals surface area contributed by atoms with E-state index in [9.17, 15) is 87.8 Å². The van der Waals surface area contributed by atoms with E-state index >= 15 is 0 Å². The van der Waals surface area contributed by atoms with Crippen LogP contribution in [-0.4, -0.2) is 73.0 Å². The topological polar surface area (TPSA) is 63.7 Å². The third-order valence-corrected chi connectivity index (χ3v) is 5.58. The summed E-state index contributed by atoms with van der Waals surface area (Å²) in [4.78, 5) is 10.5. The fourth-order valence-corrected chi connectivity index (χ4v) is 2.86. The van der Waals surface area contributed by atoms with Crippen molar-refractivity contribution in [2.24, 2.45) is 0 Å². The van der Waals surface area contributed by atoms with Crippen LogP contribution in [0.5, 0.6) is 0 Å². The Kier molecular flexibility index (Phi) is 8.00. The Morgan fingerprint density at radius 2 is 1.09 bits per heavy atom. The second kappa shape index (κ2) is 8.50. The Morgan fingerprint density at radius 3 is 1.40 bits per heavy atom. The Morgan fingerprint density at radius 1 is 0.714 bits per heavy atom. The smallest absolute Gasteiger partial charge is 0.393 e. The first-order valence-corrected chi connectivity index (χ1v) is 8.85. The van der Waals surface area contributed by atoms with Crippen LogP contribution in [0.25, 0.3) is 0 Å². The molecule has 0 heterocycles. The first kappa shape index (κ1) is 32.9. The van der Waals surface area contributed by atoms with Gasteiger partial charge in [0, 0.05) is 13.1 Å². The van der Waals surface area contributed by atoms with Crippen LogP contribution in [0.3, 0.4) is 0 Å². The van der Waals surface area contributed by atoms with Crippen LogP contribution in [-0.2, 0) is 19.6 Å². The average molecular weight is 583 g/mol. The lowest BCUT2D eigenvalue weighted by Gasteiger charge is -2.40. The van der Waals surface area contributed by atoms with Crippen molar-refractivity contribution in [3.8, 4) is 0 Å². The van der Waals surface area contributed by atoms with Crippen LogP contribution >= 0.6 is 0 Å². The maximum atomic E-state index is 13.8. The molecule has 0 aromatic carbocycles. The Hall–Kier alpha value is -2.07. The van der Waals surface area contributed by atoms with Gasteiger partial charge in [-0.25, -0.2) is 13.2 Å². The number of hydrogen-bond donors (Lipinski definition) is 0. The molecule has 35 heavy (non-hydrogen) atoms. The molecule has 0 aromatic heterocycles. The number of rotatable bonds is 10. The van der Waals surface area contributed by atoms with E-state index in [1.54, 1.807) is 0 Å². The lowest BCUT2D eigenvalue weighted by atomic mass is 10.1. The van der Waals surface area contributed by atoms with Gasteiger partial charge in [-0.05, 0) is 0 Å². The molecule has 0 radical (unpaired) electrons. The Labute approximate surface area is 181 Å². The van der Waals surface area contributed by atoms with Gasteiger partial charge in [-0.3, -0.25) is 0 Å².